The van der Waals surface area contributed by atoms with Gasteiger partial charge in [-0.05, 0) is 137 Å². The van der Waals surface area contributed by atoms with Crippen LogP contribution in [0, 0.1) is 0 Å². The molecule has 0 atom stereocenters. The van der Waals surface area contributed by atoms with Gasteiger partial charge in [-0.1, -0.05) is 201 Å². The van der Waals surface area contributed by atoms with Crippen molar-refractivity contribution in [3.8, 4) is 44.5 Å². The van der Waals surface area contributed by atoms with Crippen LogP contribution in [-0.2, 0) is 29.1 Å². The van der Waals surface area contributed by atoms with Crippen molar-refractivity contribution in [2.75, 3.05) is 4.90 Å². The Labute approximate surface area is 369 Å². The lowest BCUT2D eigenvalue weighted by atomic mass is 9.78. The van der Waals surface area contributed by atoms with Gasteiger partial charge in [0.25, 0.3) is 0 Å². The Morgan fingerprint density at radius 1 is 0.371 bits per heavy atom. The molecule has 0 amide bonds. The normalized spacial score (nSPS) is 13.8. The van der Waals surface area contributed by atoms with Crippen LogP contribution in [0.15, 0.2) is 176 Å². The lowest BCUT2D eigenvalue weighted by molar-refractivity contribution is 0.589. The summed E-state index contributed by atoms with van der Waals surface area (Å²) < 4.78 is 0. The minimum absolute atomic E-state index is 0.0131. The standard InChI is InChI=1S/C61H57N/c1-59(2,3)45-26-30-50-42(36-45)34-41-20-12-13-21-49(41)52-32-28-47(38-44(52)35-43-37-46(60(4,5)6)27-31-51(43)50)62(58-25-17-15-22-53(58)40-18-10-9-11-19-40)48-29-33-57-55(39-48)54-23-14-16-24-56(54)61(57,7)8/h9-33,36-39H,34-35H2,1-8H3. The number of rotatable bonds is 4. The first-order valence-electron chi connectivity index (χ1n) is 22.4. The van der Waals surface area contributed by atoms with Gasteiger partial charge in [-0.15, -0.1) is 0 Å². The average molecular weight is 804 g/mol. The van der Waals surface area contributed by atoms with Crippen molar-refractivity contribution >= 4 is 17.1 Å². The Morgan fingerprint density at radius 3 is 1.50 bits per heavy atom. The number of para-hydroxylation sites is 1. The van der Waals surface area contributed by atoms with Gasteiger partial charge in [-0.3, -0.25) is 0 Å². The van der Waals surface area contributed by atoms with Crippen LogP contribution in [0.2, 0.25) is 0 Å². The highest BCUT2D eigenvalue weighted by molar-refractivity contribution is 5.92. The van der Waals surface area contributed by atoms with E-state index in [2.05, 4.69) is 236 Å². The van der Waals surface area contributed by atoms with E-state index in [1.807, 2.05) is 0 Å². The molecule has 2 aliphatic carbocycles. The molecule has 0 saturated carbocycles. The number of nitrogens with zero attached hydrogens (tertiary/aromatic N) is 1. The summed E-state index contributed by atoms with van der Waals surface area (Å²) >= 11 is 0. The third kappa shape index (κ3) is 6.89. The maximum Gasteiger partial charge on any atom is 0.0540 e. The molecule has 0 spiro atoms. The zero-order valence-electron chi connectivity index (χ0n) is 37.6. The van der Waals surface area contributed by atoms with Crippen LogP contribution in [0.1, 0.15) is 99.9 Å². The Morgan fingerprint density at radius 2 is 0.839 bits per heavy atom. The van der Waals surface area contributed by atoms with Gasteiger partial charge in [0.15, 0.2) is 0 Å². The third-order valence-corrected chi connectivity index (χ3v) is 13.7. The van der Waals surface area contributed by atoms with E-state index in [0.29, 0.717) is 0 Å². The quantitative estimate of drug-likeness (QED) is 0.171. The Kier molecular flexibility index (Phi) is 9.52. The molecular formula is C61H57N. The fourth-order valence-electron chi connectivity index (χ4n) is 10.2. The van der Waals surface area contributed by atoms with Crippen molar-refractivity contribution in [1.82, 2.24) is 0 Å². The summed E-state index contributed by atoms with van der Waals surface area (Å²) in [6.07, 6.45) is 1.66. The predicted molar refractivity (Wildman–Crippen MR) is 264 cm³/mol. The van der Waals surface area contributed by atoms with E-state index in [1.54, 1.807) is 0 Å². The Hall–Kier alpha value is -6.44. The van der Waals surface area contributed by atoms with Gasteiger partial charge in [0.1, 0.15) is 0 Å². The number of hydrogen-bond acceptors (Lipinski definition) is 1. The second-order valence-electron chi connectivity index (χ2n) is 20.2. The van der Waals surface area contributed by atoms with Gasteiger partial charge < -0.3 is 4.90 Å². The third-order valence-electron chi connectivity index (χ3n) is 13.7. The van der Waals surface area contributed by atoms with Crippen molar-refractivity contribution in [2.45, 2.75) is 84.5 Å². The van der Waals surface area contributed by atoms with E-state index in [-0.39, 0.29) is 16.2 Å². The molecule has 306 valence electrons. The number of benzene rings is 8. The van der Waals surface area contributed by atoms with Crippen molar-refractivity contribution in [2.24, 2.45) is 0 Å². The lowest BCUT2D eigenvalue weighted by Gasteiger charge is -2.30. The first kappa shape index (κ1) is 39.7. The number of fused-ring (bicyclic) bond motifs is 9. The molecule has 8 aromatic rings. The summed E-state index contributed by atoms with van der Waals surface area (Å²) in [6.45, 7) is 18.7. The van der Waals surface area contributed by atoms with Gasteiger partial charge in [-0.2, -0.15) is 0 Å². The van der Waals surface area contributed by atoms with Crippen LogP contribution >= 0.6 is 0 Å². The molecule has 1 nitrogen and oxygen atoms in total. The second kappa shape index (κ2) is 14.9. The van der Waals surface area contributed by atoms with E-state index in [1.165, 1.54) is 89.0 Å². The largest absolute Gasteiger partial charge is 0.310 e. The molecule has 0 unspecified atom stereocenters. The van der Waals surface area contributed by atoms with Crippen LogP contribution < -0.4 is 4.90 Å². The first-order valence-corrected chi connectivity index (χ1v) is 22.4. The molecule has 8 aromatic carbocycles. The minimum atomic E-state index is -0.0728. The van der Waals surface area contributed by atoms with E-state index in [4.69, 9.17) is 0 Å². The van der Waals surface area contributed by atoms with Gasteiger partial charge >= 0.3 is 0 Å². The van der Waals surface area contributed by atoms with Crippen molar-refractivity contribution < 1.29 is 0 Å². The van der Waals surface area contributed by atoms with E-state index in [0.717, 1.165) is 29.9 Å². The Balaban J connectivity index is 1.22. The molecule has 2 aliphatic rings. The summed E-state index contributed by atoms with van der Waals surface area (Å²) in [4.78, 5) is 2.51. The van der Waals surface area contributed by atoms with Crippen LogP contribution in [-0.4, -0.2) is 0 Å². The predicted octanol–water partition coefficient (Wildman–Crippen LogP) is 16.6. The van der Waals surface area contributed by atoms with E-state index < -0.39 is 0 Å². The van der Waals surface area contributed by atoms with Crippen LogP contribution in [0.5, 0.6) is 0 Å². The molecule has 10 rings (SSSR count). The molecule has 0 N–H and O–H groups in total. The van der Waals surface area contributed by atoms with E-state index in [9.17, 15) is 0 Å². The summed E-state index contributed by atoms with van der Waals surface area (Å²) in [5.41, 5.74) is 24.7. The highest BCUT2D eigenvalue weighted by Crippen LogP contribution is 2.52. The topological polar surface area (TPSA) is 3.24 Å². The van der Waals surface area contributed by atoms with Gasteiger partial charge in [0.2, 0.25) is 0 Å². The van der Waals surface area contributed by atoms with Crippen molar-refractivity contribution in [3.05, 3.63) is 220 Å². The molecule has 62 heavy (non-hydrogen) atoms. The monoisotopic (exact) mass is 803 g/mol. The van der Waals surface area contributed by atoms with Crippen molar-refractivity contribution in [3.63, 3.8) is 0 Å². The second-order valence-corrected chi connectivity index (χ2v) is 20.2. The summed E-state index contributed by atoms with van der Waals surface area (Å²) in [7, 11) is 0. The molecule has 0 bridgehead atoms. The average Bonchev–Trinajstić information content (AvgIpc) is 3.49. The zero-order chi connectivity index (χ0) is 43.0. The maximum atomic E-state index is 2.51. The highest BCUT2D eigenvalue weighted by Gasteiger charge is 2.36. The summed E-state index contributed by atoms with van der Waals surface area (Å²) in [5.74, 6) is 0. The van der Waals surface area contributed by atoms with E-state index >= 15 is 0 Å². The highest BCUT2D eigenvalue weighted by atomic mass is 15.1. The molecular weight excluding hydrogens is 747 g/mol. The summed E-state index contributed by atoms with van der Waals surface area (Å²) in [6, 6.07) is 66.8. The van der Waals surface area contributed by atoms with Gasteiger partial charge in [0, 0.05) is 22.4 Å². The minimum Gasteiger partial charge on any atom is -0.310 e. The number of hydrogen-bond donors (Lipinski definition) is 0. The molecule has 1 heteroatoms. The lowest BCUT2D eigenvalue weighted by Crippen LogP contribution is -2.16. The molecule has 0 aromatic heterocycles. The SMILES string of the molecule is CC(C)(C)c1ccc2c(c1)Cc1ccccc1-c1ccc(N(c3ccc4c(c3)-c3ccccc3C4(C)C)c3ccccc3-c3ccccc3)cc1Cc1cc(C(C)(C)C)ccc1-2. The fourth-order valence-corrected chi connectivity index (χ4v) is 10.2. The first-order chi connectivity index (χ1) is 29.8. The number of anilines is 3. The fraction of sp³-hybridized carbons (Fsp3) is 0.213. The molecule has 0 aliphatic heterocycles. The van der Waals surface area contributed by atoms with Crippen LogP contribution in [0.3, 0.4) is 0 Å². The maximum absolute atomic E-state index is 2.51. The molecule has 0 saturated heterocycles. The van der Waals surface area contributed by atoms with Crippen LogP contribution in [0.25, 0.3) is 44.5 Å². The van der Waals surface area contributed by atoms with Crippen molar-refractivity contribution in [1.29, 1.82) is 0 Å². The summed E-state index contributed by atoms with van der Waals surface area (Å²) in [5, 5.41) is 0. The van der Waals surface area contributed by atoms with Crippen LogP contribution in [0.4, 0.5) is 17.1 Å². The molecule has 0 fully saturated rings. The Bertz CT molecular complexity index is 3000. The smallest absolute Gasteiger partial charge is 0.0540 e. The molecule has 0 radical (unpaired) electrons. The van der Waals surface area contributed by atoms with Gasteiger partial charge in [0.05, 0.1) is 5.69 Å². The zero-order valence-corrected chi connectivity index (χ0v) is 37.6. The molecule has 0 heterocycles. The van der Waals surface area contributed by atoms with Gasteiger partial charge in [-0.25, -0.2) is 0 Å².